The van der Waals surface area contributed by atoms with E-state index in [-0.39, 0.29) is 5.91 Å². The van der Waals surface area contributed by atoms with E-state index in [4.69, 9.17) is 42.8 Å². The molecule has 1 fully saturated rings. The van der Waals surface area contributed by atoms with Gasteiger partial charge in [0.15, 0.2) is 28.1 Å². The Labute approximate surface area is 239 Å². The summed E-state index contributed by atoms with van der Waals surface area (Å²) in [5.41, 5.74) is 3.27. The van der Waals surface area contributed by atoms with Crippen LogP contribution >= 0.6 is 23.8 Å². The highest BCUT2D eigenvalue weighted by Gasteiger charge is 2.37. The smallest absolute Gasteiger partial charge is 0.276 e. The summed E-state index contributed by atoms with van der Waals surface area (Å²) >= 11 is 12.3. The zero-order valence-electron chi connectivity index (χ0n) is 22.4. The van der Waals surface area contributed by atoms with E-state index in [1.54, 1.807) is 39.4 Å². The number of methoxy groups -OCH3 is 4. The summed E-state index contributed by atoms with van der Waals surface area (Å²) in [6.45, 7) is 0.920. The number of carbonyl (C=O) groups is 1. The average Bonchev–Trinajstić information content (AvgIpc) is 3.18. The molecule has 0 aromatic heterocycles. The van der Waals surface area contributed by atoms with E-state index >= 15 is 0 Å². The molecule has 1 amide bonds. The summed E-state index contributed by atoms with van der Waals surface area (Å²) in [6, 6.07) is 18.9. The standard InChI is InChI=1S/C30H31ClN2O5S/c1-35-25-11-9-20(17-27(25)37-3)13-15-32-24(19-22-7-5-6-8-23(22)31)29(34)33(30(32)39)16-14-21-10-12-26(36-2)28(18-21)38-4/h5-12,17-19H,13-16H2,1-4H3/b24-19+. The van der Waals surface area contributed by atoms with Gasteiger partial charge in [-0.05, 0) is 78.2 Å². The van der Waals surface area contributed by atoms with Crippen LogP contribution in [0, 0.1) is 0 Å². The van der Waals surface area contributed by atoms with Crippen LogP contribution in [0.2, 0.25) is 5.02 Å². The number of amides is 1. The maximum absolute atomic E-state index is 13.7. The molecule has 0 unspecified atom stereocenters. The van der Waals surface area contributed by atoms with Crippen LogP contribution in [0.4, 0.5) is 0 Å². The molecule has 3 aromatic carbocycles. The fraction of sp³-hybridized carbons (Fsp3) is 0.267. The van der Waals surface area contributed by atoms with Crippen molar-refractivity contribution < 1.29 is 23.7 Å². The van der Waals surface area contributed by atoms with Gasteiger partial charge in [-0.25, -0.2) is 0 Å². The Kier molecular flexibility index (Phi) is 9.32. The van der Waals surface area contributed by atoms with Crippen molar-refractivity contribution in [3.05, 3.63) is 88.1 Å². The van der Waals surface area contributed by atoms with E-state index in [0.717, 1.165) is 16.7 Å². The number of hydrogen-bond acceptors (Lipinski definition) is 6. The number of rotatable bonds is 11. The highest BCUT2D eigenvalue weighted by atomic mass is 35.5. The zero-order chi connectivity index (χ0) is 27.9. The molecule has 204 valence electrons. The van der Waals surface area contributed by atoms with Crippen LogP contribution in [0.1, 0.15) is 16.7 Å². The fourth-order valence-corrected chi connectivity index (χ4v) is 4.99. The summed E-state index contributed by atoms with van der Waals surface area (Å²) < 4.78 is 21.6. The molecule has 9 heteroatoms. The second-order valence-electron chi connectivity index (χ2n) is 8.82. The van der Waals surface area contributed by atoms with Gasteiger partial charge in [-0.15, -0.1) is 0 Å². The lowest BCUT2D eigenvalue weighted by Crippen LogP contribution is -2.35. The van der Waals surface area contributed by atoms with Crippen LogP contribution in [0.15, 0.2) is 66.4 Å². The van der Waals surface area contributed by atoms with Crippen molar-refractivity contribution >= 4 is 40.9 Å². The van der Waals surface area contributed by atoms with Gasteiger partial charge < -0.3 is 23.8 Å². The lowest BCUT2D eigenvalue weighted by molar-refractivity contribution is -0.122. The molecule has 7 nitrogen and oxygen atoms in total. The Balaban J connectivity index is 1.59. The normalized spacial score (nSPS) is 14.2. The van der Waals surface area contributed by atoms with Gasteiger partial charge in [0, 0.05) is 18.1 Å². The molecular formula is C30H31ClN2O5S. The number of halogens is 1. The Hall–Kier alpha value is -3.75. The molecule has 0 N–H and O–H groups in total. The van der Waals surface area contributed by atoms with E-state index in [1.807, 2.05) is 65.6 Å². The Bertz CT molecular complexity index is 1390. The van der Waals surface area contributed by atoms with Crippen LogP contribution in [-0.4, -0.2) is 62.3 Å². The SMILES string of the molecule is COc1ccc(CCN2C(=O)/C(=C\c3ccccc3Cl)N(CCc3ccc(OC)c(OC)c3)C2=S)cc1OC. The Morgan fingerprint density at radius 1 is 0.744 bits per heavy atom. The van der Waals surface area contributed by atoms with Crippen molar-refractivity contribution in [1.82, 2.24) is 9.80 Å². The highest BCUT2D eigenvalue weighted by Crippen LogP contribution is 2.31. The van der Waals surface area contributed by atoms with Gasteiger partial charge in [0.25, 0.3) is 5.91 Å². The molecule has 0 radical (unpaired) electrons. The molecule has 1 aliphatic heterocycles. The first-order valence-electron chi connectivity index (χ1n) is 12.4. The van der Waals surface area contributed by atoms with Crippen LogP contribution in [-0.2, 0) is 17.6 Å². The molecule has 1 aliphatic rings. The van der Waals surface area contributed by atoms with Crippen LogP contribution in [0.3, 0.4) is 0 Å². The van der Waals surface area contributed by atoms with Gasteiger partial charge in [0.1, 0.15) is 5.70 Å². The minimum Gasteiger partial charge on any atom is -0.493 e. The highest BCUT2D eigenvalue weighted by molar-refractivity contribution is 7.80. The Morgan fingerprint density at radius 3 is 1.77 bits per heavy atom. The van der Waals surface area contributed by atoms with Crippen molar-refractivity contribution in [2.45, 2.75) is 12.8 Å². The zero-order valence-corrected chi connectivity index (χ0v) is 24.0. The maximum atomic E-state index is 13.7. The molecule has 39 heavy (non-hydrogen) atoms. The van der Waals surface area contributed by atoms with E-state index in [0.29, 0.717) is 64.8 Å². The molecular weight excluding hydrogens is 536 g/mol. The van der Waals surface area contributed by atoms with Gasteiger partial charge in [-0.1, -0.05) is 41.9 Å². The average molecular weight is 567 g/mol. The second kappa shape index (κ2) is 12.9. The lowest BCUT2D eigenvalue weighted by atomic mass is 10.1. The second-order valence-corrected chi connectivity index (χ2v) is 9.59. The van der Waals surface area contributed by atoms with Crippen LogP contribution in [0.25, 0.3) is 6.08 Å². The number of ether oxygens (including phenoxy) is 4. The predicted octanol–water partition coefficient (Wildman–Crippen LogP) is 5.63. The quantitative estimate of drug-likeness (QED) is 0.220. The molecule has 1 saturated heterocycles. The minimum absolute atomic E-state index is 0.160. The number of thiocarbonyl (C=S) groups is 1. The third-order valence-corrected chi connectivity index (χ3v) is 7.34. The molecule has 0 aliphatic carbocycles. The van der Waals surface area contributed by atoms with Crippen molar-refractivity contribution in [2.24, 2.45) is 0 Å². The molecule has 3 aromatic rings. The third kappa shape index (κ3) is 6.29. The molecule has 0 spiro atoms. The first-order chi connectivity index (χ1) is 18.9. The summed E-state index contributed by atoms with van der Waals surface area (Å²) in [5.74, 6) is 2.45. The summed E-state index contributed by atoms with van der Waals surface area (Å²) in [5, 5.41) is 1.02. The van der Waals surface area contributed by atoms with Gasteiger partial charge in [-0.2, -0.15) is 0 Å². The molecule has 1 heterocycles. The lowest BCUT2D eigenvalue weighted by Gasteiger charge is -2.21. The van der Waals surface area contributed by atoms with Gasteiger partial charge in [-0.3, -0.25) is 9.69 Å². The first kappa shape index (κ1) is 28.3. The predicted molar refractivity (Wildman–Crippen MR) is 157 cm³/mol. The number of hydrogen-bond donors (Lipinski definition) is 0. The van der Waals surface area contributed by atoms with E-state index in [2.05, 4.69) is 0 Å². The van der Waals surface area contributed by atoms with Crippen molar-refractivity contribution in [3.8, 4) is 23.0 Å². The molecule has 0 bridgehead atoms. The largest absolute Gasteiger partial charge is 0.493 e. The van der Waals surface area contributed by atoms with Crippen LogP contribution < -0.4 is 18.9 Å². The van der Waals surface area contributed by atoms with E-state index in [9.17, 15) is 4.79 Å². The summed E-state index contributed by atoms with van der Waals surface area (Å²) in [4.78, 5) is 17.2. The fourth-order valence-electron chi connectivity index (χ4n) is 4.44. The Morgan fingerprint density at radius 2 is 1.26 bits per heavy atom. The van der Waals surface area contributed by atoms with Crippen molar-refractivity contribution in [3.63, 3.8) is 0 Å². The number of carbonyl (C=O) groups excluding carboxylic acids is 1. The minimum atomic E-state index is -0.160. The van der Waals surface area contributed by atoms with E-state index in [1.165, 1.54) is 0 Å². The van der Waals surface area contributed by atoms with Gasteiger partial charge in [0.05, 0.1) is 28.4 Å². The van der Waals surface area contributed by atoms with Crippen molar-refractivity contribution in [2.75, 3.05) is 41.5 Å². The first-order valence-corrected chi connectivity index (χ1v) is 13.2. The molecule has 0 saturated carbocycles. The topological polar surface area (TPSA) is 60.5 Å². The maximum Gasteiger partial charge on any atom is 0.276 e. The monoisotopic (exact) mass is 566 g/mol. The molecule has 4 rings (SSSR count). The molecule has 0 atom stereocenters. The summed E-state index contributed by atoms with van der Waals surface area (Å²) in [6.07, 6.45) is 3.04. The number of benzene rings is 3. The van der Waals surface area contributed by atoms with Crippen LogP contribution in [0.5, 0.6) is 23.0 Å². The van der Waals surface area contributed by atoms with Gasteiger partial charge >= 0.3 is 0 Å². The summed E-state index contributed by atoms with van der Waals surface area (Å²) in [7, 11) is 6.41. The van der Waals surface area contributed by atoms with E-state index < -0.39 is 0 Å². The van der Waals surface area contributed by atoms with Gasteiger partial charge in [0.2, 0.25) is 0 Å². The number of nitrogens with zero attached hydrogens (tertiary/aromatic N) is 2. The van der Waals surface area contributed by atoms with Crippen molar-refractivity contribution in [1.29, 1.82) is 0 Å². The third-order valence-electron chi connectivity index (χ3n) is 6.56.